The topological polar surface area (TPSA) is 113 Å². The summed E-state index contributed by atoms with van der Waals surface area (Å²) in [7, 11) is 3.09. The van der Waals surface area contributed by atoms with Gasteiger partial charge in [-0.15, -0.1) is 0 Å². The molecule has 0 fully saturated rings. The third-order valence-electron chi connectivity index (χ3n) is 7.54. The lowest BCUT2D eigenvalue weighted by Gasteiger charge is -2.36. The smallest absolute Gasteiger partial charge is 0.336 e. The first-order valence-corrected chi connectivity index (χ1v) is 13.6. The molecule has 9 heteroatoms. The lowest BCUT2D eigenvalue weighted by Crippen LogP contribution is -2.37. The molecule has 1 aromatic heterocycles. The first-order valence-electron chi connectivity index (χ1n) is 13.6. The van der Waals surface area contributed by atoms with Crippen LogP contribution in [0.4, 0.5) is 0 Å². The number of carbonyl (C=O) groups excluding carboxylic acids is 2. The van der Waals surface area contributed by atoms with Gasteiger partial charge in [-0.2, -0.15) is 0 Å². The molecule has 214 valence electrons. The van der Waals surface area contributed by atoms with Crippen LogP contribution in [0.2, 0.25) is 0 Å². The van der Waals surface area contributed by atoms with Crippen LogP contribution >= 0.6 is 0 Å². The van der Waals surface area contributed by atoms with Crippen LogP contribution in [0.5, 0.6) is 11.5 Å². The summed E-state index contributed by atoms with van der Waals surface area (Å²) in [4.78, 5) is 41.1. The van der Waals surface area contributed by atoms with Crippen molar-refractivity contribution in [2.45, 2.75) is 38.5 Å². The Morgan fingerprint density at radius 3 is 2.61 bits per heavy atom. The van der Waals surface area contributed by atoms with Gasteiger partial charge in [0.2, 0.25) is 0 Å². The summed E-state index contributed by atoms with van der Waals surface area (Å²) in [6.45, 7) is 4.41. The average molecular weight is 560 g/mol. The van der Waals surface area contributed by atoms with E-state index in [1.807, 2.05) is 25.1 Å². The van der Waals surface area contributed by atoms with Gasteiger partial charge in [0, 0.05) is 36.1 Å². The molecular weight excluding hydrogens is 526 g/mol. The number of methoxy groups -OCH3 is 2. The van der Waals surface area contributed by atoms with Crippen LogP contribution in [0, 0.1) is 0 Å². The SMILES string of the molecule is CCOc1ccc([C@@H]2CC(=O)C3=C(C2)NC(C)=C(C(=O)OCCOC)[C@@H]3c2coc3ccccc3c2=O)cc1OC. The summed E-state index contributed by atoms with van der Waals surface area (Å²) in [6, 6.07) is 12.6. The van der Waals surface area contributed by atoms with Crippen LogP contribution < -0.4 is 20.2 Å². The molecule has 0 spiro atoms. The van der Waals surface area contributed by atoms with Gasteiger partial charge in [-0.05, 0) is 56.0 Å². The Morgan fingerprint density at radius 1 is 1.05 bits per heavy atom. The van der Waals surface area contributed by atoms with Crippen molar-refractivity contribution in [3.8, 4) is 11.5 Å². The lowest BCUT2D eigenvalue weighted by molar-refractivity contribution is -0.140. The summed E-state index contributed by atoms with van der Waals surface area (Å²) in [5.41, 5.74) is 3.04. The van der Waals surface area contributed by atoms with E-state index in [-0.39, 0.29) is 47.9 Å². The van der Waals surface area contributed by atoms with Crippen molar-refractivity contribution in [2.24, 2.45) is 0 Å². The molecule has 1 N–H and O–H groups in total. The minimum atomic E-state index is -0.939. The monoisotopic (exact) mass is 559 g/mol. The van der Waals surface area contributed by atoms with Crippen LogP contribution in [0.1, 0.15) is 49.7 Å². The first kappa shape index (κ1) is 28.2. The molecule has 5 rings (SSSR count). The molecule has 41 heavy (non-hydrogen) atoms. The molecule has 2 heterocycles. The van der Waals surface area contributed by atoms with E-state index in [1.54, 1.807) is 38.3 Å². The molecule has 0 radical (unpaired) electrons. The Labute approximate surface area is 237 Å². The Morgan fingerprint density at radius 2 is 1.85 bits per heavy atom. The van der Waals surface area contributed by atoms with E-state index in [0.29, 0.717) is 52.5 Å². The van der Waals surface area contributed by atoms with Crippen molar-refractivity contribution in [1.29, 1.82) is 0 Å². The Bertz CT molecular complexity index is 1620. The van der Waals surface area contributed by atoms with Gasteiger partial charge >= 0.3 is 5.97 Å². The number of nitrogens with one attached hydrogen (secondary N) is 1. The number of esters is 1. The fourth-order valence-electron chi connectivity index (χ4n) is 5.66. The highest BCUT2D eigenvalue weighted by Crippen LogP contribution is 2.46. The molecule has 0 bridgehead atoms. The van der Waals surface area contributed by atoms with E-state index in [1.165, 1.54) is 13.4 Å². The molecule has 1 aliphatic heterocycles. The third kappa shape index (κ3) is 5.37. The first-order chi connectivity index (χ1) is 19.9. The molecule has 0 amide bonds. The zero-order valence-electron chi connectivity index (χ0n) is 23.6. The number of benzene rings is 2. The molecule has 2 aliphatic rings. The Kier molecular flexibility index (Phi) is 8.26. The van der Waals surface area contributed by atoms with Crippen molar-refractivity contribution in [1.82, 2.24) is 5.32 Å². The van der Waals surface area contributed by atoms with Gasteiger partial charge in [0.25, 0.3) is 0 Å². The number of fused-ring (bicyclic) bond motifs is 1. The standard InChI is InChI=1S/C32H33NO8/c1-5-39-26-11-10-19(16-27(26)38-4)20-14-23-30(24(34)15-20)29(28(18(2)33-23)32(36)40-13-12-37-3)22-17-41-25-9-7-6-8-21(25)31(22)35/h6-11,16-17,20,29,33H,5,12-15H2,1-4H3/t20-,29-/m0/s1. The zero-order chi connectivity index (χ0) is 29.1. The van der Waals surface area contributed by atoms with Crippen molar-refractivity contribution in [3.05, 3.63) is 92.6 Å². The van der Waals surface area contributed by atoms with Gasteiger partial charge in [0.1, 0.15) is 12.2 Å². The van der Waals surface area contributed by atoms with Crippen LogP contribution in [0.15, 0.2) is 80.5 Å². The van der Waals surface area contributed by atoms with Gasteiger partial charge in [-0.25, -0.2) is 4.79 Å². The summed E-state index contributed by atoms with van der Waals surface area (Å²) in [5, 5.41) is 3.68. The quantitative estimate of drug-likeness (QED) is 0.293. The number of dihydropyridines is 1. The second-order valence-electron chi connectivity index (χ2n) is 10.0. The Balaban J connectivity index is 1.59. The molecule has 9 nitrogen and oxygen atoms in total. The van der Waals surface area contributed by atoms with Gasteiger partial charge in [0.15, 0.2) is 22.7 Å². The summed E-state index contributed by atoms with van der Waals surface area (Å²) < 4.78 is 27.5. The number of rotatable bonds is 9. The maximum Gasteiger partial charge on any atom is 0.336 e. The van der Waals surface area contributed by atoms with Gasteiger partial charge in [0.05, 0.1) is 43.5 Å². The van der Waals surface area contributed by atoms with Gasteiger partial charge < -0.3 is 28.7 Å². The predicted molar refractivity (Wildman–Crippen MR) is 152 cm³/mol. The highest BCUT2D eigenvalue weighted by atomic mass is 16.6. The number of ether oxygens (including phenoxy) is 4. The summed E-state index contributed by atoms with van der Waals surface area (Å²) in [5.74, 6) is -0.640. The van der Waals surface area contributed by atoms with Crippen LogP contribution in [0.25, 0.3) is 11.0 Å². The van der Waals surface area contributed by atoms with Gasteiger partial charge in [-0.1, -0.05) is 18.2 Å². The predicted octanol–water partition coefficient (Wildman–Crippen LogP) is 4.75. The molecule has 1 aliphatic carbocycles. The second kappa shape index (κ2) is 12.0. The molecular formula is C32H33NO8. The second-order valence-corrected chi connectivity index (χ2v) is 10.0. The minimum Gasteiger partial charge on any atom is -0.493 e. The number of ketones is 1. The maximum atomic E-state index is 13.9. The molecule has 0 saturated heterocycles. The molecule has 3 aromatic rings. The van der Waals surface area contributed by atoms with E-state index in [9.17, 15) is 14.4 Å². The Hall–Kier alpha value is -4.37. The number of allylic oxidation sites excluding steroid dienone is 3. The normalized spacial score (nSPS) is 18.7. The number of para-hydroxylation sites is 1. The number of hydrogen-bond donors (Lipinski definition) is 1. The average Bonchev–Trinajstić information content (AvgIpc) is 2.97. The van der Waals surface area contributed by atoms with Crippen molar-refractivity contribution in [3.63, 3.8) is 0 Å². The maximum absolute atomic E-state index is 13.9. The lowest BCUT2D eigenvalue weighted by atomic mass is 9.72. The van der Waals surface area contributed by atoms with Crippen molar-refractivity contribution >= 4 is 22.7 Å². The summed E-state index contributed by atoms with van der Waals surface area (Å²) in [6.07, 6.45) is 2.05. The highest BCUT2D eigenvalue weighted by Gasteiger charge is 2.43. The third-order valence-corrected chi connectivity index (χ3v) is 7.54. The van der Waals surface area contributed by atoms with Crippen LogP contribution in [0.3, 0.4) is 0 Å². The summed E-state index contributed by atoms with van der Waals surface area (Å²) >= 11 is 0. The van der Waals surface area contributed by atoms with Gasteiger partial charge in [-0.3, -0.25) is 9.59 Å². The van der Waals surface area contributed by atoms with Crippen LogP contribution in [-0.2, 0) is 19.1 Å². The fraction of sp³-hybridized carbons (Fsp3) is 0.344. The zero-order valence-corrected chi connectivity index (χ0v) is 23.6. The minimum absolute atomic E-state index is 0.0344. The number of Topliss-reactive ketones (excluding diaryl/α,β-unsaturated/α-hetero) is 1. The van der Waals surface area contributed by atoms with Crippen molar-refractivity contribution in [2.75, 3.05) is 34.0 Å². The molecule has 2 aromatic carbocycles. The molecule has 0 unspecified atom stereocenters. The largest absolute Gasteiger partial charge is 0.493 e. The van der Waals surface area contributed by atoms with Crippen molar-refractivity contribution < 1.29 is 33.0 Å². The highest BCUT2D eigenvalue weighted by molar-refractivity contribution is 6.04. The van der Waals surface area contributed by atoms with E-state index < -0.39 is 11.9 Å². The van der Waals surface area contributed by atoms with E-state index in [2.05, 4.69) is 5.32 Å². The number of hydrogen-bond acceptors (Lipinski definition) is 9. The van der Waals surface area contributed by atoms with E-state index in [4.69, 9.17) is 23.4 Å². The fourth-order valence-corrected chi connectivity index (χ4v) is 5.66. The molecule has 2 atom stereocenters. The van der Waals surface area contributed by atoms with Crippen LogP contribution in [-0.4, -0.2) is 45.8 Å². The molecule has 0 saturated carbocycles. The van der Waals surface area contributed by atoms with E-state index in [0.717, 1.165) is 5.56 Å². The number of carbonyl (C=O) groups is 2. The van der Waals surface area contributed by atoms with E-state index >= 15 is 0 Å².